The van der Waals surface area contributed by atoms with Crippen LogP contribution in [0.25, 0.3) is 0 Å². The molecule has 114 valence electrons. The highest BCUT2D eigenvalue weighted by molar-refractivity contribution is 7.80. The Hall–Kier alpha value is -1.56. The van der Waals surface area contributed by atoms with Crippen LogP contribution in [0.1, 0.15) is 37.7 Å². The summed E-state index contributed by atoms with van der Waals surface area (Å²) < 4.78 is 0. The van der Waals surface area contributed by atoms with E-state index >= 15 is 0 Å². The molecule has 0 radical (unpaired) electrons. The van der Waals surface area contributed by atoms with E-state index < -0.39 is 4.92 Å². The summed E-state index contributed by atoms with van der Waals surface area (Å²) in [5.74, 6) is 1.01. The Morgan fingerprint density at radius 1 is 1.19 bits per heavy atom. The van der Waals surface area contributed by atoms with Crippen molar-refractivity contribution in [3.8, 4) is 0 Å². The largest absolute Gasteiger partial charge is 0.312 e. The second kappa shape index (κ2) is 7.45. The maximum absolute atomic E-state index is 12.1. The maximum atomic E-state index is 12.1. The van der Waals surface area contributed by atoms with Gasteiger partial charge in [0.25, 0.3) is 5.69 Å². The number of fused-ring (bicyclic) bond motifs is 1. The molecular weight excluding hydrogens is 288 g/mol. The van der Waals surface area contributed by atoms with Gasteiger partial charge in [-0.3, -0.25) is 14.9 Å². The standard InChI is InChI=1S/C15H20N2O3S/c18-15-8-5-12-11-13(17(19)20)6-7-14(12)16(15)9-3-1-2-4-10-21/h6-7,11,21H,1-5,8-10H2. The van der Waals surface area contributed by atoms with Crippen LogP contribution in [0.2, 0.25) is 0 Å². The van der Waals surface area contributed by atoms with Crippen molar-refractivity contribution in [3.05, 3.63) is 33.9 Å². The fraction of sp³-hybridized carbons (Fsp3) is 0.533. The molecule has 2 rings (SSSR count). The van der Waals surface area contributed by atoms with Gasteiger partial charge in [0.15, 0.2) is 0 Å². The molecule has 1 aliphatic rings. The van der Waals surface area contributed by atoms with E-state index in [1.54, 1.807) is 17.0 Å². The molecule has 21 heavy (non-hydrogen) atoms. The topological polar surface area (TPSA) is 63.4 Å². The van der Waals surface area contributed by atoms with Crippen molar-refractivity contribution in [2.75, 3.05) is 17.2 Å². The van der Waals surface area contributed by atoms with Gasteiger partial charge in [0.1, 0.15) is 0 Å². The highest BCUT2D eigenvalue weighted by Gasteiger charge is 2.25. The maximum Gasteiger partial charge on any atom is 0.269 e. The first-order chi connectivity index (χ1) is 10.1. The van der Waals surface area contributed by atoms with Gasteiger partial charge in [0, 0.05) is 30.8 Å². The van der Waals surface area contributed by atoms with Gasteiger partial charge >= 0.3 is 0 Å². The summed E-state index contributed by atoms with van der Waals surface area (Å²) in [6.07, 6.45) is 5.28. The number of hydrogen-bond acceptors (Lipinski definition) is 4. The molecule has 0 saturated carbocycles. The van der Waals surface area contributed by atoms with E-state index in [0.29, 0.717) is 19.4 Å². The number of benzene rings is 1. The van der Waals surface area contributed by atoms with E-state index in [4.69, 9.17) is 0 Å². The van der Waals surface area contributed by atoms with Gasteiger partial charge in [-0.25, -0.2) is 0 Å². The van der Waals surface area contributed by atoms with E-state index in [9.17, 15) is 14.9 Å². The fourth-order valence-electron chi connectivity index (χ4n) is 2.64. The SMILES string of the molecule is O=C1CCc2cc([N+](=O)[O-])ccc2N1CCCCCCS. The number of aryl methyl sites for hydroxylation is 1. The van der Waals surface area contributed by atoms with E-state index in [1.807, 2.05) is 0 Å². The van der Waals surface area contributed by atoms with Crippen LogP contribution >= 0.6 is 12.6 Å². The lowest BCUT2D eigenvalue weighted by Gasteiger charge is -2.29. The Bertz CT molecular complexity index is 534. The van der Waals surface area contributed by atoms with Crippen molar-refractivity contribution < 1.29 is 9.72 Å². The molecule has 0 N–H and O–H groups in total. The third kappa shape index (κ3) is 3.97. The predicted octanol–water partition coefficient (Wildman–Crippen LogP) is 3.36. The van der Waals surface area contributed by atoms with Gasteiger partial charge in [-0.1, -0.05) is 12.8 Å². The molecular formula is C15H20N2O3S. The Labute approximate surface area is 129 Å². The van der Waals surface area contributed by atoms with Crippen LogP contribution in [0.15, 0.2) is 18.2 Å². The van der Waals surface area contributed by atoms with Crippen LogP contribution in [0.5, 0.6) is 0 Å². The van der Waals surface area contributed by atoms with Crippen LogP contribution in [-0.2, 0) is 11.2 Å². The molecule has 0 aliphatic carbocycles. The number of amides is 1. The number of carbonyl (C=O) groups excluding carboxylic acids is 1. The molecule has 0 aromatic heterocycles. The Kier molecular flexibility index (Phi) is 5.61. The van der Waals surface area contributed by atoms with Crippen molar-refractivity contribution in [1.82, 2.24) is 0 Å². The summed E-state index contributed by atoms with van der Waals surface area (Å²) >= 11 is 4.18. The summed E-state index contributed by atoms with van der Waals surface area (Å²) in [6, 6.07) is 4.78. The molecule has 0 spiro atoms. The Balaban J connectivity index is 2.05. The molecule has 1 aliphatic heterocycles. The van der Waals surface area contributed by atoms with E-state index in [2.05, 4.69) is 12.6 Å². The number of anilines is 1. The number of carbonyl (C=O) groups is 1. The smallest absolute Gasteiger partial charge is 0.269 e. The van der Waals surface area contributed by atoms with Gasteiger partial charge in [0.2, 0.25) is 5.91 Å². The van der Waals surface area contributed by atoms with Crippen LogP contribution < -0.4 is 4.90 Å². The van der Waals surface area contributed by atoms with Crippen molar-refractivity contribution in [3.63, 3.8) is 0 Å². The van der Waals surface area contributed by atoms with Crippen LogP contribution in [0.3, 0.4) is 0 Å². The minimum Gasteiger partial charge on any atom is -0.312 e. The highest BCUT2D eigenvalue weighted by atomic mass is 32.1. The molecule has 6 heteroatoms. The van der Waals surface area contributed by atoms with Crippen molar-refractivity contribution in [2.24, 2.45) is 0 Å². The van der Waals surface area contributed by atoms with Crippen LogP contribution in [0, 0.1) is 10.1 Å². The Morgan fingerprint density at radius 2 is 1.95 bits per heavy atom. The molecule has 0 bridgehead atoms. The first kappa shape index (κ1) is 15.8. The number of non-ortho nitro benzene ring substituents is 1. The lowest BCUT2D eigenvalue weighted by molar-refractivity contribution is -0.384. The summed E-state index contributed by atoms with van der Waals surface area (Å²) in [4.78, 5) is 24.3. The van der Waals surface area contributed by atoms with Gasteiger partial charge in [-0.15, -0.1) is 0 Å². The normalized spacial score (nSPS) is 14.1. The highest BCUT2D eigenvalue weighted by Crippen LogP contribution is 2.31. The summed E-state index contributed by atoms with van der Waals surface area (Å²) in [7, 11) is 0. The molecule has 5 nitrogen and oxygen atoms in total. The third-order valence-corrected chi connectivity index (χ3v) is 4.08. The third-order valence-electron chi connectivity index (χ3n) is 3.76. The second-order valence-electron chi connectivity index (χ2n) is 5.25. The van der Waals surface area contributed by atoms with Gasteiger partial charge in [0.05, 0.1) is 4.92 Å². The molecule has 0 atom stereocenters. The van der Waals surface area contributed by atoms with Crippen molar-refractivity contribution in [1.29, 1.82) is 0 Å². The first-order valence-electron chi connectivity index (χ1n) is 7.32. The molecule has 0 fully saturated rings. The fourth-order valence-corrected chi connectivity index (χ4v) is 2.86. The quantitative estimate of drug-likeness (QED) is 0.363. The number of thiol groups is 1. The van der Waals surface area contributed by atoms with E-state index in [0.717, 1.165) is 42.7 Å². The van der Waals surface area contributed by atoms with E-state index in [1.165, 1.54) is 6.07 Å². The second-order valence-corrected chi connectivity index (χ2v) is 5.70. The van der Waals surface area contributed by atoms with Gasteiger partial charge < -0.3 is 4.90 Å². The first-order valence-corrected chi connectivity index (χ1v) is 7.95. The number of nitrogens with zero attached hydrogens (tertiary/aromatic N) is 2. The monoisotopic (exact) mass is 308 g/mol. The molecule has 1 amide bonds. The van der Waals surface area contributed by atoms with Crippen molar-refractivity contribution >= 4 is 29.9 Å². The number of hydrogen-bond donors (Lipinski definition) is 1. The zero-order valence-corrected chi connectivity index (χ0v) is 12.8. The lowest BCUT2D eigenvalue weighted by Crippen LogP contribution is -2.35. The zero-order chi connectivity index (χ0) is 15.2. The van der Waals surface area contributed by atoms with Gasteiger partial charge in [-0.05, 0) is 36.6 Å². The minimum absolute atomic E-state index is 0.0943. The molecule has 0 saturated heterocycles. The number of unbranched alkanes of at least 4 members (excludes halogenated alkanes) is 3. The number of rotatable bonds is 7. The summed E-state index contributed by atoms with van der Waals surface area (Å²) in [6.45, 7) is 0.691. The van der Waals surface area contributed by atoms with Crippen molar-refractivity contribution in [2.45, 2.75) is 38.5 Å². The van der Waals surface area contributed by atoms with Crippen LogP contribution in [0.4, 0.5) is 11.4 Å². The van der Waals surface area contributed by atoms with Gasteiger partial charge in [-0.2, -0.15) is 12.6 Å². The summed E-state index contributed by atoms with van der Waals surface area (Å²) in [5.41, 5.74) is 1.84. The molecule has 1 aromatic rings. The number of nitro groups is 1. The minimum atomic E-state index is -0.390. The van der Waals surface area contributed by atoms with E-state index in [-0.39, 0.29) is 11.6 Å². The molecule has 1 heterocycles. The lowest BCUT2D eigenvalue weighted by atomic mass is 10.00. The average molecular weight is 308 g/mol. The summed E-state index contributed by atoms with van der Waals surface area (Å²) in [5, 5.41) is 10.8. The average Bonchev–Trinajstić information content (AvgIpc) is 2.48. The zero-order valence-electron chi connectivity index (χ0n) is 12.0. The molecule has 0 unspecified atom stereocenters. The molecule has 1 aromatic carbocycles. The van der Waals surface area contributed by atoms with Crippen LogP contribution in [-0.4, -0.2) is 23.1 Å². The predicted molar refractivity (Wildman–Crippen MR) is 86.1 cm³/mol. The number of nitro benzene ring substituents is 1. The Morgan fingerprint density at radius 3 is 2.67 bits per heavy atom.